The predicted octanol–water partition coefficient (Wildman–Crippen LogP) is 1.14. The minimum absolute atomic E-state index is 0.0253. The Morgan fingerprint density at radius 1 is 1.62 bits per heavy atom. The van der Waals surface area contributed by atoms with Crippen LogP contribution in [0.15, 0.2) is 12.3 Å². The van der Waals surface area contributed by atoms with Crippen molar-refractivity contribution < 1.29 is 9.84 Å². The van der Waals surface area contributed by atoms with Crippen molar-refractivity contribution in [3.8, 4) is 0 Å². The van der Waals surface area contributed by atoms with Gasteiger partial charge in [0.15, 0.2) is 0 Å². The summed E-state index contributed by atoms with van der Waals surface area (Å²) in [6, 6.07) is 2.04. The van der Waals surface area contributed by atoms with Crippen LogP contribution in [0.4, 0.5) is 0 Å². The topological polar surface area (TPSA) is 47.3 Å². The molecule has 0 bridgehead atoms. The SMILES string of the molecule is Cn1nccc1CCC1(CO)CCCOC1. The molecule has 0 aromatic carbocycles. The van der Waals surface area contributed by atoms with E-state index in [4.69, 9.17) is 4.74 Å². The highest BCUT2D eigenvalue weighted by molar-refractivity contribution is 5.01. The Labute approximate surface area is 96.2 Å². The molecule has 0 amide bonds. The first-order valence-electron chi connectivity index (χ1n) is 5.91. The first-order chi connectivity index (χ1) is 7.76. The van der Waals surface area contributed by atoms with Crippen molar-refractivity contribution in [1.29, 1.82) is 0 Å². The lowest BCUT2D eigenvalue weighted by atomic mass is 9.79. The van der Waals surface area contributed by atoms with E-state index >= 15 is 0 Å². The van der Waals surface area contributed by atoms with Gasteiger partial charge in [0.25, 0.3) is 0 Å². The number of aliphatic hydroxyl groups is 1. The van der Waals surface area contributed by atoms with Crippen molar-refractivity contribution in [1.82, 2.24) is 9.78 Å². The minimum atomic E-state index is -0.0253. The lowest BCUT2D eigenvalue weighted by Crippen LogP contribution is -2.35. The summed E-state index contributed by atoms with van der Waals surface area (Å²) in [5.41, 5.74) is 1.20. The van der Waals surface area contributed by atoms with E-state index in [0.29, 0.717) is 6.61 Å². The monoisotopic (exact) mass is 224 g/mol. The normalized spacial score (nSPS) is 25.9. The summed E-state index contributed by atoms with van der Waals surface area (Å²) in [4.78, 5) is 0. The average Bonchev–Trinajstić information content (AvgIpc) is 2.74. The number of hydrogen-bond donors (Lipinski definition) is 1. The molecule has 1 aliphatic heterocycles. The summed E-state index contributed by atoms with van der Waals surface area (Å²) in [5.74, 6) is 0. The standard InChI is InChI=1S/C12H20N2O2/c1-14-11(4-7-13-14)3-6-12(9-15)5-2-8-16-10-12/h4,7,15H,2-3,5-6,8-10H2,1H3. The Balaban J connectivity index is 1.94. The highest BCUT2D eigenvalue weighted by Gasteiger charge is 2.32. The van der Waals surface area contributed by atoms with Crippen molar-refractivity contribution >= 4 is 0 Å². The molecule has 90 valence electrons. The van der Waals surface area contributed by atoms with Crippen LogP contribution in [0.25, 0.3) is 0 Å². The third kappa shape index (κ3) is 2.44. The zero-order chi connectivity index (χ0) is 11.4. The van der Waals surface area contributed by atoms with Gasteiger partial charge in [-0.2, -0.15) is 5.10 Å². The van der Waals surface area contributed by atoms with Crippen LogP contribution in [-0.2, 0) is 18.2 Å². The molecule has 0 saturated carbocycles. The van der Waals surface area contributed by atoms with Gasteiger partial charge in [-0.25, -0.2) is 0 Å². The summed E-state index contributed by atoms with van der Waals surface area (Å²) in [5, 5.41) is 13.7. The van der Waals surface area contributed by atoms with Crippen molar-refractivity contribution in [2.45, 2.75) is 25.7 Å². The second-order valence-electron chi connectivity index (χ2n) is 4.76. The molecule has 1 aromatic heterocycles. The smallest absolute Gasteiger partial charge is 0.0544 e. The van der Waals surface area contributed by atoms with Gasteiger partial charge in [0.1, 0.15) is 0 Å². The molecule has 1 unspecified atom stereocenters. The fraction of sp³-hybridized carbons (Fsp3) is 0.750. The molecule has 4 nitrogen and oxygen atoms in total. The predicted molar refractivity (Wildman–Crippen MR) is 61.1 cm³/mol. The van der Waals surface area contributed by atoms with Gasteiger partial charge in [0.05, 0.1) is 13.2 Å². The molecular weight excluding hydrogens is 204 g/mol. The van der Waals surface area contributed by atoms with Crippen molar-refractivity contribution in [2.24, 2.45) is 12.5 Å². The van der Waals surface area contributed by atoms with E-state index in [2.05, 4.69) is 5.10 Å². The fourth-order valence-electron chi connectivity index (χ4n) is 2.35. The van der Waals surface area contributed by atoms with E-state index in [-0.39, 0.29) is 12.0 Å². The van der Waals surface area contributed by atoms with Crippen molar-refractivity contribution in [3.63, 3.8) is 0 Å². The van der Waals surface area contributed by atoms with Gasteiger partial charge in [-0.1, -0.05) is 0 Å². The molecule has 1 saturated heterocycles. The van der Waals surface area contributed by atoms with Crippen LogP contribution in [0.2, 0.25) is 0 Å². The molecule has 1 fully saturated rings. The zero-order valence-corrected chi connectivity index (χ0v) is 9.85. The summed E-state index contributed by atoms with van der Waals surface area (Å²) >= 11 is 0. The summed E-state index contributed by atoms with van der Waals surface area (Å²) in [6.07, 6.45) is 5.88. The Hall–Kier alpha value is -0.870. The lowest BCUT2D eigenvalue weighted by Gasteiger charge is -2.35. The largest absolute Gasteiger partial charge is 0.396 e. The van der Waals surface area contributed by atoms with Gasteiger partial charge in [-0.15, -0.1) is 0 Å². The highest BCUT2D eigenvalue weighted by atomic mass is 16.5. The van der Waals surface area contributed by atoms with E-state index in [1.165, 1.54) is 5.69 Å². The van der Waals surface area contributed by atoms with E-state index in [1.807, 2.05) is 24.0 Å². The number of ether oxygens (including phenoxy) is 1. The summed E-state index contributed by atoms with van der Waals surface area (Å²) in [7, 11) is 1.96. The quantitative estimate of drug-likeness (QED) is 0.834. The maximum atomic E-state index is 9.54. The van der Waals surface area contributed by atoms with Gasteiger partial charge in [-0.3, -0.25) is 4.68 Å². The van der Waals surface area contributed by atoms with Crippen molar-refractivity contribution in [2.75, 3.05) is 19.8 Å². The first-order valence-corrected chi connectivity index (χ1v) is 5.91. The van der Waals surface area contributed by atoms with E-state index in [0.717, 1.165) is 32.3 Å². The summed E-state index contributed by atoms with van der Waals surface area (Å²) in [6.45, 7) is 1.76. The van der Waals surface area contributed by atoms with Crippen LogP contribution >= 0.6 is 0 Å². The van der Waals surface area contributed by atoms with E-state index in [9.17, 15) is 5.11 Å². The highest BCUT2D eigenvalue weighted by Crippen LogP contribution is 2.32. The van der Waals surface area contributed by atoms with Crippen LogP contribution in [0.1, 0.15) is 25.0 Å². The minimum Gasteiger partial charge on any atom is -0.396 e. The number of aliphatic hydroxyl groups excluding tert-OH is 1. The molecule has 1 atom stereocenters. The van der Waals surface area contributed by atoms with Gasteiger partial charge >= 0.3 is 0 Å². The average molecular weight is 224 g/mol. The van der Waals surface area contributed by atoms with Crippen LogP contribution in [-0.4, -0.2) is 34.7 Å². The zero-order valence-electron chi connectivity index (χ0n) is 9.85. The van der Waals surface area contributed by atoms with Crippen LogP contribution in [0, 0.1) is 5.41 Å². The first kappa shape index (κ1) is 11.6. The lowest BCUT2D eigenvalue weighted by molar-refractivity contribution is -0.0427. The molecule has 0 spiro atoms. The van der Waals surface area contributed by atoms with Crippen LogP contribution in [0.5, 0.6) is 0 Å². The molecule has 2 heterocycles. The Bertz CT molecular complexity index is 330. The Kier molecular flexibility index (Phi) is 3.61. The van der Waals surface area contributed by atoms with Gasteiger partial charge in [-0.05, 0) is 31.7 Å². The number of nitrogens with zero attached hydrogens (tertiary/aromatic N) is 2. The number of rotatable bonds is 4. The fourth-order valence-corrected chi connectivity index (χ4v) is 2.35. The number of aromatic nitrogens is 2. The molecule has 1 aliphatic rings. The third-order valence-electron chi connectivity index (χ3n) is 3.57. The molecule has 2 rings (SSSR count). The third-order valence-corrected chi connectivity index (χ3v) is 3.57. The van der Waals surface area contributed by atoms with Crippen molar-refractivity contribution in [3.05, 3.63) is 18.0 Å². The number of hydrogen-bond acceptors (Lipinski definition) is 3. The van der Waals surface area contributed by atoms with Gasteiger partial charge < -0.3 is 9.84 Å². The van der Waals surface area contributed by atoms with Gasteiger partial charge in [0, 0.05) is 31.0 Å². The number of aryl methyl sites for hydroxylation is 2. The Morgan fingerprint density at radius 3 is 3.06 bits per heavy atom. The Morgan fingerprint density at radius 2 is 2.50 bits per heavy atom. The second-order valence-corrected chi connectivity index (χ2v) is 4.76. The molecule has 1 N–H and O–H groups in total. The van der Waals surface area contributed by atoms with Crippen LogP contribution in [0.3, 0.4) is 0 Å². The maximum absolute atomic E-state index is 9.54. The summed E-state index contributed by atoms with van der Waals surface area (Å²) < 4.78 is 7.39. The van der Waals surface area contributed by atoms with E-state index < -0.39 is 0 Å². The van der Waals surface area contributed by atoms with E-state index in [1.54, 1.807) is 0 Å². The molecule has 16 heavy (non-hydrogen) atoms. The molecule has 0 radical (unpaired) electrons. The maximum Gasteiger partial charge on any atom is 0.0544 e. The van der Waals surface area contributed by atoms with Gasteiger partial charge in [0.2, 0.25) is 0 Å². The molecule has 0 aliphatic carbocycles. The molecule has 1 aromatic rings. The molecular formula is C12H20N2O2. The van der Waals surface area contributed by atoms with Crippen LogP contribution < -0.4 is 0 Å². The molecule has 4 heteroatoms. The second kappa shape index (κ2) is 4.97.